The summed E-state index contributed by atoms with van der Waals surface area (Å²) in [5, 5.41) is 5.97. The lowest BCUT2D eigenvalue weighted by Crippen LogP contribution is -2.10. The standard InChI is InChI=1S/C34H30N2/c1-3-4-5-12-27-13-9-17-32(25-27)36(34-19-10-15-28-14-6-7-18-33(28)34)31-22-20-29(21-23-31)35-30-16-8-11-26(2)24-30/h3-25,35H,1-2H3/b4-3-,12-5-. The largest absolute Gasteiger partial charge is 0.356 e. The van der Waals surface area contributed by atoms with Gasteiger partial charge < -0.3 is 10.2 Å². The highest BCUT2D eigenvalue weighted by atomic mass is 15.1. The minimum atomic E-state index is 1.06. The van der Waals surface area contributed by atoms with Crippen molar-refractivity contribution in [3.05, 3.63) is 145 Å². The van der Waals surface area contributed by atoms with Crippen LogP contribution >= 0.6 is 0 Å². The van der Waals surface area contributed by atoms with Crippen LogP contribution in [-0.2, 0) is 0 Å². The molecule has 0 bridgehead atoms. The minimum Gasteiger partial charge on any atom is -0.356 e. The highest BCUT2D eigenvalue weighted by Crippen LogP contribution is 2.39. The summed E-state index contributed by atoms with van der Waals surface area (Å²) in [6.45, 7) is 4.14. The molecular formula is C34H30N2. The van der Waals surface area contributed by atoms with Gasteiger partial charge in [0.1, 0.15) is 0 Å². The fourth-order valence-electron chi connectivity index (χ4n) is 4.46. The number of fused-ring (bicyclic) bond motifs is 1. The topological polar surface area (TPSA) is 15.3 Å². The first kappa shape index (κ1) is 23.2. The Morgan fingerprint density at radius 2 is 1.42 bits per heavy atom. The van der Waals surface area contributed by atoms with Gasteiger partial charge in [0.25, 0.3) is 0 Å². The molecule has 5 aromatic rings. The molecule has 36 heavy (non-hydrogen) atoms. The molecule has 0 aliphatic rings. The number of anilines is 5. The number of hydrogen-bond acceptors (Lipinski definition) is 2. The van der Waals surface area contributed by atoms with Crippen molar-refractivity contribution < 1.29 is 0 Å². The van der Waals surface area contributed by atoms with Crippen LogP contribution in [0.5, 0.6) is 0 Å². The summed E-state index contributed by atoms with van der Waals surface area (Å²) >= 11 is 0. The lowest BCUT2D eigenvalue weighted by atomic mass is 10.1. The molecule has 0 aromatic heterocycles. The molecule has 1 N–H and O–H groups in total. The zero-order chi connectivity index (χ0) is 24.7. The van der Waals surface area contributed by atoms with Gasteiger partial charge in [-0.3, -0.25) is 0 Å². The Morgan fingerprint density at radius 3 is 2.25 bits per heavy atom. The zero-order valence-electron chi connectivity index (χ0n) is 20.7. The van der Waals surface area contributed by atoms with Crippen molar-refractivity contribution in [3.63, 3.8) is 0 Å². The molecule has 0 amide bonds. The van der Waals surface area contributed by atoms with Gasteiger partial charge in [-0.2, -0.15) is 0 Å². The molecule has 5 aromatic carbocycles. The van der Waals surface area contributed by atoms with Gasteiger partial charge in [-0.25, -0.2) is 0 Å². The molecule has 0 aliphatic heterocycles. The zero-order valence-corrected chi connectivity index (χ0v) is 20.7. The summed E-state index contributed by atoms with van der Waals surface area (Å²) in [5.41, 5.74) is 7.93. The molecule has 0 spiro atoms. The Hall–Kier alpha value is -4.56. The fraction of sp³-hybridized carbons (Fsp3) is 0.0588. The van der Waals surface area contributed by atoms with Gasteiger partial charge in [-0.15, -0.1) is 0 Å². The Morgan fingerprint density at radius 1 is 0.639 bits per heavy atom. The van der Waals surface area contributed by atoms with Crippen LogP contribution in [-0.4, -0.2) is 0 Å². The van der Waals surface area contributed by atoms with Crippen LogP contribution in [0.1, 0.15) is 18.1 Å². The molecule has 0 heterocycles. The summed E-state index contributed by atoms with van der Waals surface area (Å²) in [7, 11) is 0. The van der Waals surface area contributed by atoms with Crippen LogP contribution in [0.15, 0.2) is 133 Å². The predicted molar refractivity (Wildman–Crippen MR) is 157 cm³/mol. The average Bonchev–Trinajstić information content (AvgIpc) is 2.90. The first-order valence-electron chi connectivity index (χ1n) is 12.3. The van der Waals surface area contributed by atoms with E-state index < -0.39 is 0 Å². The molecule has 176 valence electrons. The Balaban J connectivity index is 1.58. The van der Waals surface area contributed by atoms with Gasteiger partial charge in [-0.1, -0.05) is 85.0 Å². The first-order valence-corrected chi connectivity index (χ1v) is 12.3. The summed E-state index contributed by atoms with van der Waals surface area (Å²) in [6.07, 6.45) is 8.30. The molecule has 2 nitrogen and oxygen atoms in total. The van der Waals surface area contributed by atoms with E-state index in [4.69, 9.17) is 0 Å². The Labute approximate surface area is 213 Å². The van der Waals surface area contributed by atoms with Crippen LogP contribution in [0.4, 0.5) is 28.4 Å². The van der Waals surface area contributed by atoms with E-state index in [-0.39, 0.29) is 0 Å². The molecule has 0 radical (unpaired) electrons. The number of aryl methyl sites for hydroxylation is 1. The normalized spacial score (nSPS) is 11.4. The lowest BCUT2D eigenvalue weighted by Gasteiger charge is -2.27. The second-order valence-electron chi connectivity index (χ2n) is 8.85. The van der Waals surface area contributed by atoms with Crippen LogP contribution < -0.4 is 10.2 Å². The third-order valence-electron chi connectivity index (χ3n) is 6.16. The highest BCUT2D eigenvalue weighted by Gasteiger charge is 2.15. The summed E-state index contributed by atoms with van der Waals surface area (Å²) in [6, 6.07) is 40.8. The van der Waals surface area contributed by atoms with Gasteiger partial charge in [0.2, 0.25) is 0 Å². The van der Waals surface area contributed by atoms with Gasteiger partial charge in [0.15, 0.2) is 0 Å². The maximum atomic E-state index is 3.52. The maximum absolute atomic E-state index is 3.52. The van der Waals surface area contributed by atoms with Gasteiger partial charge in [-0.05, 0) is 85.0 Å². The third kappa shape index (κ3) is 5.24. The molecule has 0 atom stereocenters. The molecule has 0 fully saturated rings. The second kappa shape index (κ2) is 10.8. The van der Waals surface area contributed by atoms with Gasteiger partial charge in [0, 0.05) is 28.1 Å². The van der Waals surface area contributed by atoms with Crippen LogP contribution in [0, 0.1) is 6.92 Å². The van der Waals surface area contributed by atoms with Gasteiger partial charge >= 0.3 is 0 Å². The third-order valence-corrected chi connectivity index (χ3v) is 6.16. The number of nitrogens with zero attached hydrogens (tertiary/aromatic N) is 1. The Kier molecular flexibility index (Phi) is 6.95. The summed E-state index contributed by atoms with van der Waals surface area (Å²) in [5.74, 6) is 0. The van der Waals surface area contributed by atoms with E-state index in [1.54, 1.807) is 0 Å². The maximum Gasteiger partial charge on any atom is 0.0540 e. The van der Waals surface area contributed by atoms with Crippen molar-refractivity contribution in [2.24, 2.45) is 0 Å². The number of allylic oxidation sites excluding steroid dienone is 3. The quantitative estimate of drug-likeness (QED) is 0.240. The van der Waals surface area contributed by atoms with E-state index in [1.165, 1.54) is 16.3 Å². The molecule has 0 unspecified atom stereocenters. The average molecular weight is 467 g/mol. The van der Waals surface area contributed by atoms with Crippen molar-refractivity contribution in [1.82, 2.24) is 0 Å². The number of hydrogen-bond donors (Lipinski definition) is 1. The molecule has 5 rings (SSSR count). The van der Waals surface area contributed by atoms with Crippen LogP contribution in [0.2, 0.25) is 0 Å². The predicted octanol–water partition coefficient (Wildman–Crippen LogP) is 9.95. The van der Waals surface area contributed by atoms with Crippen LogP contribution in [0.25, 0.3) is 16.8 Å². The van der Waals surface area contributed by atoms with Crippen molar-refractivity contribution >= 4 is 45.3 Å². The van der Waals surface area contributed by atoms with E-state index in [0.717, 1.165) is 34.0 Å². The van der Waals surface area contributed by atoms with E-state index in [0.29, 0.717) is 0 Å². The van der Waals surface area contributed by atoms with Crippen molar-refractivity contribution in [2.45, 2.75) is 13.8 Å². The minimum absolute atomic E-state index is 1.06. The highest BCUT2D eigenvalue weighted by molar-refractivity contribution is 5.99. The van der Waals surface area contributed by atoms with Crippen molar-refractivity contribution in [1.29, 1.82) is 0 Å². The van der Waals surface area contributed by atoms with Crippen molar-refractivity contribution in [2.75, 3.05) is 10.2 Å². The second-order valence-corrected chi connectivity index (χ2v) is 8.85. The molecule has 0 aliphatic carbocycles. The number of benzene rings is 5. The molecular weight excluding hydrogens is 436 g/mol. The molecule has 0 saturated carbocycles. The monoisotopic (exact) mass is 466 g/mol. The molecule has 0 saturated heterocycles. The summed E-state index contributed by atoms with van der Waals surface area (Å²) < 4.78 is 0. The van der Waals surface area contributed by atoms with Gasteiger partial charge in [0.05, 0.1) is 5.69 Å². The van der Waals surface area contributed by atoms with Crippen molar-refractivity contribution in [3.8, 4) is 0 Å². The van der Waals surface area contributed by atoms with E-state index in [2.05, 4.69) is 151 Å². The van der Waals surface area contributed by atoms with E-state index in [1.807, 2.05) is 13.0 Å². The SMILES string of the molecule is C/C=C\C=C/c1cccc(N(c2ccc(Nc3cccc(C)c3)cc2)c2cccc3ccccc23)c1. The Bertz CT molecular complexity index is 1520. The van der Waals surface area contributed by atoms with E-state index in [9.17, 15) is 0 Å². The smallest absolute Gasteiger partial charge is 0.0540 e. The number of nitrogens with one attached hydrogen (secondary N) is 1. The van der Waals surface area contributed by atoms with E-state index >= 15 is 0 Å². The lowest BCUT2D eigenvalue weighted by molar-refractivity contribution is 1.29. The molecule has 2 heteroatoms. The fourth-order valence-corrected chi connectivity index (χ4v) is 4.46. The number of rotatable bonds is 7. The summed E-state index contributed by atoms with van der Waals surface area (Å²) in [4.78, 5) is 2.34. The van der Waals surface area contributed by atoms with Crippen LogP contribution in [0.3, 0.4) is 0 Å². The first-order chi connectivity index (χ1) is 17.7.